The number of thiophene rings is 1. The smallest absolute Gasteiger partial charge is 0.198 e. The van der Waals surface area contributed by atoms with Gasteiger partial charge in [-0.1, -0.05) is 0 Å². The van der Waals surface area contributed by atoms with Crippen LogP contribution < -0.4 is 0 Å². The van der Waals surface area contributed by atoms with Gasteiger partial charge >= 0.3 is 0 Å². The molecule has 3 nitrogen and oxygen atoms in total. The van der Waals surface area contributed by atoms with Gasteiger partial charge in [-0.15, -0.1) is 23.1 Å². The zero-order valence-corrected chi connectivity index (χ0v) is 8.59. The summed E-state index contributed by atoms with van der Waals surface area (Å²) >= 11 is 2.58. The molecule has 1 aliphatic heterocycles. The van der Waals surface area contributed by atoms with Crippen LogP contribution in [0.4, 0.5) is 0 Å². The van der Waals surface area contributed by atoms with Gasteiger partial charge in [0, 0.05) is 5.56 Å². The van der Waals surface area contributed by atoms with Crippen molar-refractivity contribution >= 4 is 38.2 Å². The van der Waals surface area contributed by atoms with Crippen LogP contribution in [0, 0.1) is 0 Å². The van der Waals surface area contributed by atoms with E-state index in [2.05, 4.69) is 4.40 Å². The Morgan fingerprint density at radius 2 is 2.33 bits per heavy atom. The van der Waals surface area contributed by atoms with E-state index in [1.165, 1.54) is 23.1 Å². The molecule has 0 bridgehead atoms. The molecule has 0 fully saturated rings. The average molecular weight is 219 g/mol. The molecule has 6 heteroatoms. The van der Waals surface area contributed by atoms with Crippen LogP contribution in [0.5, 0.6) is 0 Å². The van der Waals surface area contributed by atoms with Crippen LogP contribution in [0.15, 0.2) is 20.1 Å². The van der Waals surface area contributed by atoms with E-state index in [1.807, 2.05) is 6.26 Å². The molecule has 0 amide bonds. The molecule has 1 aromatic heterocycles. The van der Waals surface area contributed by atoms with Gasteiger partial charge in [0.1, 0.15) is 5.04 Å². The van der Waals surface area contributed by atoms with Gasteiger partial charge in [-0.3, -0.25) is 0 Å². The zero-order valence-electron chi connectivity index (χ0n) is 6.14. The largest absolute Gasteiger partial charge is 0.293 e. The molecule has 0 spiro atoms. The SMILES string of the molecule is CSC1=NS(=O)(=O)c2sccc21. The average Bonchev–Trinajstić information content (AvgIpc) is 2.54. The molecule has 2 rings (SSSR count). The highest BCUT2D eigenvalue weighted by Crippen LogP contribution is 2.33. The molecule has 0 unspecified atom stereocenters. The molecule has 1 aromatic rings. The summed E-state index contributed by atoms with van der Waals surface area (Å²) in [7, 11) is -3.34. The van der Waals surface area contributed by atoms with Crippen molar-refractivity contribution in [1.82, 2.24) is 0 Å². The lowest BCUT2D eigenvalue weighted by molar-refractivity contribution is 0.601. The molecular weight excluding hydrogens is 214 g/mol. The lowest BCUT2D eigenvalue weighted by atomic mass is 10.4. The van der Waals surface area contributed by atoms with E-state index in [9.17, 15) is 8.42 Å². The van der Waals surface area contributed by atoms with Crippen molar-refractivity contribution in [3.8, 4) is 0 Å². The second-order valence-electron chi connectivity index (χ2n) is 2.20. The number of rotatable bonds is 0. The minimum Gasteiger partial charge on any atom is -0.198 e. The molecule has 0 radical (unpaired) electrons. The zero-order chi connectivity index (χ0) is 8.77. The topological polar surface area (TPSA) is 46.5 Å². The van der Waals surface area contributed by atoms with Gasteiger partial charge in [-0.25, -0.2) is 0 Å². The fourth-order valence-electron chi connectivity index (χ4n) is 1.00. The third-order valence-corrected chi connectivity index (χ3v) is 5.04. The van der Waals surface area contributed by atoms with Crippen molar-refractivity contribution in [2.45, 2.75) is 4.21 Å². The summed E-state index contributed by atoms with van der Waals surface area (Å²) in [5, 5.41) is 2.37. The third kappa shape index (κ3) is 1.02. The highest BCUT2D eigenvalue weighted by molar-refractivity contribution is 8.15. The van der Waals surface area contributed by atoms with Crippen LogP contribution in [0.25, 0.3) is 0 Å². The van der Waals surface area contributed by atoms with E-state index in [-0.39, 0.29) is 0 Å². The molecule has 1 aliphatic rings. The second-order valence-corrected chi connectivity index (χ2v) is 5.71. The van der Waals surface area contributed by atoms with Crippen LogP contribution in [0.2, 0.25) is 0 Å². The van der Waals surface area contributed by atoms with Crippen molar-refractivity contribution in [3.63, 3.8) is 0 Å². The van der Waals surface area contributed by atoms with Gasteiger partial charge in [0.15, 0.2) is 4.21 Å². The Morgan fingerprint density at radius 3 is 3.00 bits per heavy atom. The predicted octanol–water partition coefficient (Wildman–Crippen LogP) is 1.56. The summed E-state index contributed by atoms with van der Waals surface area (Å²) in [6, 6.07) is 1.79. The number of hydrogen-bond acceptors (Lipinski definition) is 4. The van der Waals surface area contributed by atoms with Crippen molar-refractivity contribution < 1.29 is 8.42 Å². The van der Waals surface area contributed by atoms with Crippen molar-refractivity contribution in [2.75, 3.05) is 6.26 Å². The van der Waals surface area contributed by atoms with Gasteiger partial charge in [0.2, 0.25) is 0 Å². The molecule has 2 heterocycles. The van der Waals surface area contributed by atoms with Crippen molar-refractivity contribution in [2.24, 2.45) is 4.40 Å². The summed E-state index contributed by atoms with van der Waals surface area (Å²) in [5.74, 6) is 0. The molecule has 12 heavy (non-hydrogen) atoms. The number of fused-ring (bicyclic) bond motifs is 1. The standard InChI is InChI=1S/C6H5NO2S3/c1-10-5-4-2-3-11-6(4)12(8,9)7-5/h2-3H,1H3. The van der Waals surface area contributed by atoms with Gasteiger partial charge in [0.25, 0.3) is 10.0 Å². The first kappa shape index (κ1) is 8.28. The Balaban J connectivity index is 2.74. The molecular formula is C6H5NO2S3. The fourth-order valence-corrected chi connectivity index (χ4v) is 4.34. The number of sulfonamides is 1. The van der Waals surface area contributed by atoms with Gasteiger partial charge in [-0.05, 0) is 17.7 Å². The maximum Gasteiger partial charge on any atom is 0.293 e. The monoisotopic (exact) mass is 219 g/mol. The first-order valence-corrected chi connectivity index (χ1v) is 6.66. The molecule has 64 valence electrons. The highest BCUT2D eigenvalue weighted by atomic mass is 32.2. The van der Waals surface area contributed by atoms with E-state index in [1.54, 1.807) is 11.4 Å². The van der Waals surface area contributed by atoms with Crippen LogP contribution >= 0.6 is 23.1 Å². The third-order valence-electron chi connectivity index (χ3n) is 1.49. The van der Waals surface area contributed by atoms with Crippen LogP contribution in [-0.4, -0.2) is 19.7 Å². The minimum absolute atomic E-state index is 0.381. The Labute approximate surface area is 78.6 Å². The Hall–Kier alpha value is -0.330. The first-order chi connectivity index (χ1) is 5.65. The summed E-state index contributed by atoms with van der Waals surface area (Å²) in [5.41, 5.74) is 0.757. The summed E-state index contributed by atoms with van der Waals surface area (Å²) in [6.45, 7) is 0. The normalized spacial score (nSPS) is 18.9. The Morgan fingerprint density at radius 1 is 1.58 bits per heavy atom. The first-order valence-electron chi connectivity index (χ1n) is 3.12. The second kappa shape index (κ2) is 2.58. The summed E-state index contributed by atoms with van der Waals surface area (Å²) < 4.78 is 26.6. The maximum atomic E-state index is 11.3. The Kier molecular flexibility index (Phi) is 1.78. The lowest BCUT2D eigenvalue weighted by Crippen LogP contribution is -1.87. The van der Waals surface area contributed by atoms with Gasteiger partial charge in [-0.2, -0.15) is 12.8 Å². The number of thioether (sulfide) groups is 1. The molecule has 0 N–H and O–H groups in total. The quantitative estimate of drug-likeness (QED) is 0.665. The van der Waals surface area contributed by atoms with E-state index in [0.717, 1.165) is 5.56 Å². The van der Waals surface area contributed by atoms with E-state index in [4.69, 9.17) is 0 Å². The molecule has 0 aromatic carbocycles. The van der Waals surface area contributed by atoms with Crippen LogP contribution in [0.1, 0.15) is 5.56 Å². The Bertz CT molecular complexity index is 443. The van der Waals surface area contributed by atoms with Gasteiger partial charge < -0.3 is 0 Å². The van der Waals surface area contributed by atoms with Crippen molar-refractivity contribution in [1.29, 1.82) is 0 Å². The van der Waals surface area contributed by atoms with E-state index < -0.39 is 10.0 Å². The summed E-state index contributed by atoms with van der Waals surface area (Å²) in [4.78, 5) is 0. The number of nitrogens with zero attached hydrogens (tertiary/aromatic N) is 1. The highest BCUT2D eigenvalue weighted by Gasteiger charge is 2.29. The van der Waals surface area contributed by atoms with Gasteiger partial charge in [0.05, 0.1) is 0 Å². The molecule has 0 saturated carbocycles. The van der Waals surface area contributed by atoms with Crippen molar-refractivity contribution in [3.05, 3.63) is 17.0 Å². The fraction of sp³-hybridized carbons (Fsp3) is 0.167. The van der Waals surface area contributed by atoms with Crippen LogP contribution in [-0.2, 0) is 10.0 Å². The number of hydrogen-bond donors (Lipinski definition) is 0. The van der Waals surface area contributed by atoms with E-state index >= 15 is 0 Å². The maximum absolute atomic E-state index is 11.3. The minimum atomic E-state index is -3.34. The predicted molar refractivity (Wildman–Crippen MR) is 51.6 cm³/mol. The van der Waals surface area contributed by atoms with E-state index in [0.29, 0.717) is 9.25 Å². The molecule has 0 atom stereocenters. The molecule has 0 saturated heterocycles. The summed E-state index contributed by atoms with van der Waals surface area (Å²) in [6.07, 6.45) is 1.82. The lowest BCUT2D eigenvalue weighted by Gasteiger charge is -1.88. The molecule has 0 aliphatic carbocycles. The van der Waals surface area contributed by atoms with Crippen LogP contribution in [0.3, 0.4) is 0 Å².